The van der Waals surface area contributed by atoms with Crippen LogP contribution in [0, 0.1) is 0 Å². The van der Waals surface area contributed by atoms with E-state index < -0.39 is 0 Å². The second-order valence-corrected chi connectivity index (χ2v) is 3.36. The first-order valence-electron chi connectivity index (χ1n) is 4.62. The lowest BCUT2D eigenvalue weighted by molar-refractivity contribution is 0.228. The normalized spacial score (nSPS) is 19.2. The van der Waals surface area contributed by atoms with Crippen molar-refractivity contribution in [2.75, 3.05) is 26.2 Å². The number of nitrogens with zero attached hydrogens (tertiary/aromatic N) is 4. The van der Waals surface area contributed by atoms with Gasteiger partial charge in [-0.05, 0) is 0 Å². The van der Waals surface area contributed by atoms with Crippen LogP contribution in [0.25, 0.3) is 0 Å². The zero-order valence-corrected chi connectivity index (χ0v) is 7.90. The molecule has 0 saturated carbocycles. The van der Waals surface area contributed by atoms with Gasteiger partial charge in [-0.25, -0.2) is 4.98 Å². The van der Waals surface area contributed by atoms with Gasteiger partial charge in [-0.1, -0.05) is 0 Å². The first-order valence-corrected chi connectivity index (χ1v) is 4.62. The second kappa shape index (κ2) is 3.85. The molecule has 1 saturated heterocycles. The largest absolute Gasteiger partial charge is 0.314 e. The summed E-state index contributed by atoms with van der Waals surface area (Å²) in [6, 6.07) is 0. The zero-order valence-electron chi connectivity index (χ0n) is 7.90. The number of aryl methyl sites for hydroxylation is 1. The van der Waals surface area contributed by atoms with Gasteiger partial charge in [0.2, 0.25) is 0 Å². The summed E-state index contributed by atoms with van der Waals surface area (Å²) in [5, 5.41) is 7.57. The fraction of sp³-hybridized carbons (Fsp3) is 0.750. The molecule has 1 aromatic rings. The van der Waals surface area contributed by atoms with Crippen molar-refractivity contribution in [3.63, 3.8) is 0 Å². The van der Waals surface area contributed by atoms with Crippen molar-refractivity contribution in [3.05, 3.63) is 12.2 Å². The average Bonchev–Trinajstić information content (AvgIpc) is 2.53. The maximum Gasteiger partial charge on any atom is 0.164 e. The van der Waals surface area contributed by atoms with Crippen LogP contribution in [0.2, 0.25) is 0 Å². The van der Waals surface area contributed by atoms with Crippen molar-refractivity contribution in [3.8, 4) is 0 Å². The fourth-order valence-corrected chi connectivity index (χ4v) is 1.53. The Balaban J connectivity index is 1.89. The van der Waals surface area contributed by atoms with Crippen LogP contribution in [-0.4, -0.2) is 45.8 Å². The Kier molecular flexibility index (Phi) is 2.56. The Bertz CT molecular complexity index is 263. The van der Waals surface area contributed by atoms with Gasteiger partial charge in [0.25, 0.3) is 0 Å². The van der Waals surface area contributed by atoms with Crippen LogP contribution in [0.15, 0.2) is 6.33 Å². The van der Waals surface area contributed by atoms with Crippen molar-refractivity contribution in [1.29, 1.82) is 0 Å². The summed E-state index contributed by atoms with van der Waals surface area (Å²) in [7, 11) is 1.90. The topological polar surface area (TPSA) is 46.0 Å². The molecule has 13 heavy (non-hydrogen) atoms. The van der Waals surface area contributed by atoms with Crippen molar-refractivity contribution in [1.82, 2.24) is 25.0 Å². The van der Waals surface area contributed by atoms with E-state index in [1.54, 1.807) is 11.0 Å². The number of nitrogens with one attached hydrogen (secondary N) is 1. The first-order chi connectivity index (χ1) is 6.34. The molecule has 0 amide bonds. The summed E-state index contributed by atoms with van der Waals surface area (Å²) in [6.45, 7) is 5.22. The van der Waals surface area contributed by atoms with Crippen LogP contribution in [0.3, 0.4) is 0 Å². The highest BCUT2D eigenvalue weighted by Gasteiger charge is 2.11. The summed E-state index contributed by atoms with van der Waals surface area (Å²) < 4.78 is 1.75. The fourth-order valence-electron chi connectivity index (χ4n) is 1.53. The van der Waals surface area contributed by atoms with E-state index in [-0.39, 0.29) is 0 Å². The average molecular weight is 181 g/mol. The smallest absolute Gasteiger partial charge is 0.164 e. The molecule has 0 aliphatic carbocycles. The predicted octanol–water partition coefficient (Wildman–Crippen LogP) is -0.780. The summed E-state index contributed by atoms with van der Waals surface area (Å²) in [5.41, 5.74) is 0. The van der Waals surface area contributed by atoms with E-state index in [1.165, 1.54) is 0 Å². The van der Waals surface area contributed by atoms with Crippen LogP contribution >= 0.6 is 0 Å². The van der Waals surface area contributed by atoms with E-state index >= 15 is 0 Å². The third kappa shape index (κ3) is 2.26. The molecule has 0 unspecified atom stereocenters. The van der Waals surface area contributed by atoms with Crippen LogP contribution in [0.4, 0.5) is 0 Å². The van der Waals surface area contributed by atoms with Crippen molar-refractivity contribution >= 4 is 0 Å². The summed E-state index contributed by atoms with van der Waals surface area (Å²) in [5.74, 6) is 0.921. The molecule has 5 nitrogen and oxygen atoms in total. The Morgan fingerprint density at radius 2 is 2.23 bits per heavy atom. The lowest BCUT2D eigenvalue weighted by atomic mass is 10.3. The van der Waals surface area contributed by atoms with E-state index in [1.807, 2.05) is 7.05 Å². The number of aromatic nitrogens is 3. The molecule has 0 atom stereocenters. The lowest BCUT2D eigenvalue weighted by Crippen LogP contribution is -2.43. The van der Waals surface area contributed by atoms with Crippen molar-refractivity contribution < 1.29 is 0 Å². The molecular formula is C8H15N5. The van der Waals surface area contributed by atoms with E-state index in [9.17, 15) is 0 Å². The number of rotatable bonds is 2. The van der Waals surface area contributed by atoms with Gasteiger partial charge in [-0.3, -0.25) is 9.58 Å². The zero-order chi connectivity index (χ0) is 9.10. The minimum absolute atomic E-state index is 0.878. The summed E-state index contributed by atoms with van der Waals surface area (Å²) in [4.78, 5) is 6.57. The number of hydrogen-bond donors (Lipinski definition) is 1. The molecule has 0 aromatic carbocycles. The van der Waals surface area contributed by atoms with Gasteiger partial charge in [0.05, 0.1) is 6.54 Å². The van der Waals surface area contributed by atoms with E-state index in [0.29, 0.717) is 0 Å². The maximum absolute atomic E-state index is 4.25. The summed E-state index contributed by atoms with van der Waals surface area (Å²) in [6.07, 6.45) is 1.75. The molecule has 2 rings (SSSR count). The van der Waals surface area contributed by atoms with Gasteiger partial charge in [0, 0.05) is 33.2 Å². The van der Waals surface area contributed by atoms with E-state index in [0.717, 1.165) is 38.5 Å². The third-order valence-corrected chi connectivity index (χ3v) is 2.22. The Morgan fingerprint density at radius 1 is 1.46 bits per heavy atom. The molecule has 1 aliphatic rings. The van der Waals surface area contributed by atoms with Crippen molar-refractivity contribution in [2.45, 2.75) is 6.54 Å². The van der Waals surface area contributed by atoms with Gasteiger partial charge in [0.1, 0.15) is 6.33 Å². The van der Waals surface area contributed by atoms with Crippen LogP contribution < -0.4 is 5.32 Å². The standard InChI is InChI=1S/C8H15N5/c1-12-7-10-8(11-12)6-13-4-2-9-3-5-13/h7,9H,2-6H2,1H3. The van der Waals surface area contributed by atoms with E-state index in [4.69, 9.17) is 0 Å². The SMILES string of the molecule is Cn1cnc(CN2CCNCC2)n1. The highest BCUT2D eigenvalue weighted by atomic mass is 15.3. The molecule has 0 radical (unpaired) electrons. The van der Waals surface area contributed by atoms with Crippen LogP contribution in [0.5, 0.6) is 0 Å². The molecule has 2 heterocycles. The third-order valence-electron chi connectivity index (χ3n) is 2.22. The molecule has 1 aromatic heterocycles. The van der Waals surface area contributed by atoms with Crippen molar-refractivity contribution in [2.24, 2.45) is 7.05 Å². The molecule has 0 bridgehead atoms. The highest BCUT2D eigenvalue weighted by molar-refractivity contribution is 4.82. The first kappa shape index (κ1) is 8.65. The monoisotopic (exact) mass is 181 g/mol. The van der Waals surface area contributed by atoms with Gasteiger partial charge < -0.3 is 5.32 Å². The second-order valence-electron chi connectivity index (χ2n) is 3.36. The Labute approximate surface area is 77.8 Å². The van der Waals surface area contributed by atoms with Gasteiger partial charge >= 0.3 is 0 Å². The number of hydrogen-bond acceptors (Lipinski definition) is 4. The van der Waals surface area contributed by atoms with Crippen LogP contribution in [-0.2, 0) is 13.6 Å². The minimum Gasteiger partial charge on any atom is -0.314 e. The van der Waals surface area contributed by atoms with Gasteiger partial charge in [0.15, 0.2) is 5.82 Å². The van der Waals surface area contributed by atoms with Gasteiger partial charge in [-0.2, -0.15) is 5.10 Å². The molecule has 72 valence electrons. The molecule has 1 N–H and O–H groups in total. The molecule has 0 spiro atoms. The molecule has 1 aliphatic heterocycles. The highest BCUT2D eigenvalue weighted by Crippen LogP contribution is 1.98. The lowest BCUT2D eigenvalue weighted by Gasteiger charge is -2.25. The number of piperazine rings is 1. The van der Waals surface area contributed by atoms with E-state index in [2.05, 4.69) is 20.3 Å². The maximum atomic E-state index is 4.25. The van der Waals surface area contributed by atoms with Crippen LogP contribution in [0.1, 0.15) is 5.82 Å². The summed E-state index contributed by atoms with van der Waals surface area (Å²) >= 11 is 0. The Hall–Kier alpha value is -0.940. The molecule has 1 fully saturated rings. The Morgan fingerprint density at radius 3 is 2.85 bits per heavy atom. The predicted molar refractivity (Wildman–Crippen MR) is 49.1 cm³/mol. The minimum atomic E-state index is 0.878. The molecule has 5 heteroatoms. The van der Waals surface area contributed by atoms with Gasteiger partial charge in [-0.15, -0.1) is 0 Å². The quantitative estimate of drug-likeness (QED) is 0.650. The molecular weight excluding hydrogens is 166 g/mol.